The number of carboxylic acid groups (broad SMARTS) is 1. The molecule has 2 N–H and O–H groups in total. The Labute approximate surface area is 244 Å². The number of halogens is 2. The molecule has 6 rings (SSSR count). The second-order valence-electron chi connectivity index (χ2n) is 9.74. The van der Waals surface area contributed by atoms with E-state index in [1.165, 1.54) is 18.1 Å². The summed E-state index contributed by atoms with van der Waals surface area (Å²) in [6.07, 6.45) is 2.44. The fourth-order valence-electron chi connectivity index (χ4n) is 5.36. The number of H-pyrrole nitrogens is 1. The Bertz CT molecular complexity index is 1850. The molecule has 13 heteroatoms. The van der Waals surface area contributed by atoms with Crippen LogP contribution in [0.15, 0.2) is 59.7 Å². The Balaban J connectivity index is 1.37. The van der Waals surface area contributed by atoms with E-state index < -0.39 is 6.09 Å². The maximum Gasteiger partial charge on any atom is 0.411 e. The standard InChI is InChI=1S/C28H24Cl2N8O3/c1-3-15-10-18(36(2)28(40)41)5-7-20(15)25-26(30)33-27(32-25)23-9-6-19-11-16(12-24(39)38(19)23)21-13-17(29)4-8-22(21)37-14-31-34-35-37/h4-5,7-8,10-14,23H,3,6,9H2,1-2H3,(H,32,33)(H,40,41). The van der Waals surface area contributed by atoms with E-state index in [4.69, 9.17) is 23.2 Å². The first kappa shape index (κ1) is 26.7. The lowest BCUT2D eigenvalue weighted by Gasteiger charge is -2.16. The van der Waals surface area contributed by atoms with Gasteiger partial charge in [0, 0.05) is 40.6 Å². The lowest BCUT2D eigenvalue weighted by atomic mass is 10.0. The van der Waals surface area contributed by atoms with Crippen LogP contribution in [-0.4, -0.2) is 53.0 Å². The third-order valence-corrected chi connectivity index (χ3v) is 7.91. The van der Waals surface area contributed by atoms with Gasteiger partial charge in [0.05, 0.1) is 17.4 Å². The predicted molar refractivity (Wildman–Crippen MR) is 155 cm³/mol. The number of amides is 1. The molecule has 3 aromatic heterocycles. The zero-order valence-corrected chi connectivity index (χ0v) is 23.6. The minimum atomic E-state index is -1.04. The first-order valence-corrected chi connectivity index (χ1v) is 13.6. The maximum atomic E-state index is 13.5. The summed E-state index contributed by atoms with van der Waals surface area (Å²) in [4.78, 5) is 34.1. The number of nitrogens with one attached hydrogen (secondary N) is 1. The van der Waals surface area contributed by atoms with Crippen LogP contribution in [0.1, 0.15) is 36.5 Å². The lowest BCUT2D eigenvalue weighted by molar-refractivity contribution is 0.203. The van der Waals surface area contributed by atoms with E-state index in [1.54, 1.807) is 28.8 Å². The zero-order valence-electron chi connectivity index (χ0n) is 22.0. The van der Waals surface area contributed by atoms with Crippen molar-refractivity contribution in [3.8, 4) is 28.1 Å². The number of aryl methyl sites for hydroxylation is 2. The number of tetrazole rings is 1. The molecule has 0 radical (unpaired) electrons. The van der Waals surface area contributed by atoms with Crippen LogP contribution >= 0.6 is 23.2 Å². The van der Waals surface area contributed by atoms with Gasteiger partial charge >= 0.3 is 6.09 Å². The number of benzene rings is 2. The van der Waals surface area contributed by atoms with E-state index in [-0.39, 0.29) is 16.8 Å². The fourth-order valence-corrected chi connectivity index (χ4v) is 5.77. The minimum absolute atomic E-state index is 0.174. The molecular weight excluding hydrogens is 567 g/mol. The van der Waals surface area contributed by atoms with E-state index in [0.717, 1.165) is 27.3 Å². The van der Waals surface area contributed by atoms with Crippen molar-refractivity contribution >= 4 is 35.0 Å². The normalized spacial score (nSPS) is 14.3. The Morgan fingerprint density at radius 1 is 1.15 bits per heavy atom. The van der Waals surface area contributed by atoms with Gasteiger partial charge in [-0.05, 0) is 77.2 Å². The second-order valence-corrected chi connectivity index (χ2v) is 10.5. The van der Waals surface area contributed by atoms with Gasteiger partial charge in [0.2, 0.25) is 0 Å². The summed E-state index contributed by atoms with van der Waals surface area (Å²) in [6.45, 7) is 1.99. The number of rotatable bonds is 6. The topological polar surface area (TPSA) is 135 Å². The van der Waals surface area contributed by atoms with Gasteiger partial charge in [-0.3, -0.25) is 9.69 Å². The molecule has 1 unspecified atom stereocenters. The van der Waals surface area contributed by atoms with Crippen molar-refractivity contribution < 1.29 is 9.90 Å². The minimum Gasteiger partial charge on any atom is -0.465 e. The largest absolute Gasteiger partial charge is 0.465 e. The highest BCUT2D eigenvalue weighted by Crippen LogP contribution is 2.37. The van der Waals surface area contributed by atoms with Gasteiger partial charge in [-0.1, -0.05) is 36.2 Å². The van der Waals surface area contributed by atoms with E-state index in [9.17, 15) is 14.7 Å². The van der Waals surface area contributed by atoms with Crippen LogP contribution in [0, 0.1) is 0 Å². The first-order chi connectivity index (χ1) is 19.7. The summed E-state index contributed by atoms with van der Waals surface area (Å²) in [5.74, 6) is 0.588. The molecule has 41 heavy (non-hydrogen) atoms. The summed E-state index contributed by atoms with van der Waals surface area (Å²) >= 11 is 12.9. The average molecular weight is 591 g/mol. The highest BCUT2D eigenvalue weighted by molar-refractivity contribution is 6.32. The summed E-state index contributed by atoms with van der Waals surface area (Å²) in [5.41, 5.74) is 5.78. The molecule has 1 aliphatic rings. The average Bonchev–Trinajstić information content (AvgIpc) is 3.72. The molecule has 0 fully saturated rings. The fraction of sp³-hybridized carbons (Fsp3) is 0.214. The number of fused-ring (bicyclic) bond motifs is 1. The smallest absolute Gasteiger partial charge is 0.411 e. The summed E-state index contributed by atoms with van der Waals surface area (Å²) in [7, 11) is 1.50. The van der Waals surface area contributed by atoms with Gasteiger partial charge in [-0.25, -0.2) is 9.78 Å². The molecule has 1 atom stereocenters. The molecule has 0 saturated heterocycles. The van der Waals surface area contributed by atoms with E-state index >= 15 is 0 Å². The van der Waals surface area contributed by atoms with Gasteiger partial charge < -0.3 is 14.7 Å². The highest BCUT2D eigenvalue weighted by atomic mass is 35.5. The summed E-state index contributed by atoms with van der Waals surface area (Å²) in [6, 6.07) is 14.0. The molecule has 4 heterocycles. The molecule has 0 saturated carbocycles. The quantitative estimate of drug-likeness (QED) is 0.270. The summed E-state index contributed by atoms with van der Waals surface area (Å²) < 4.78 is 3.28. The molecule has 208 valence electrons. The van der Waals surface area contributed by atoms with Crippen molar-refractivity contribution in [3.05, 3.63) is 92.5 Å². The summed E-state index contributed by atoms with van der Waals surface area (Å²) in [5, 5.41) is 21.6. The van der Waals surface area contributed by atoms with Crippen molar-refractivity contribution in [2.75, 3.05) is 11.9 Å². The van der Waals surface area contributed by atoms with Crippen LogP contribution in [0.2, 0.25) is 10.2 Å². The third kappa shape index (κ3) is 4.76. The Kier molecular flexibility index (Phi) is 6.84. The molecule has 0 spiro atoms. The van der Waals surface area contributed by atoms with Gasteiger partial charge in [-0.15, -0.1) is 5.10 Å². The highest BCUT2D eigenvalue weighted by Gasteiger charge is 2.29. The maximum absolute atomic E-state index is 13.5. The van der Waals surface area contributed by atoms with Crippen LogP contribution in [0.25, 0.3) is 28.1 Å². The van der Waals surface area contributed by atoms with Gasteiger partial charge in [0.15, 0.2) is 5.15 Å². The molecule has 0 bridgehead atoms. The second kappa shape index (κ2) is 10.5. The number of aromatic amines is 1. The Morgan fingerprint density at radius 3 is 2.71 bits per heavy atom. The number of hydrogen-bond acceptors (Lipinski definition) is 6. The van der Waals surface area contributed by atoms with Gasteiger partial charge in [0.25, 0.3) is 5.56 Å². The van der Waals surface area contributed by atoms with Crippen LogP contribution in [-0.2, 0) is 12.8 Å². The SMILES string of the molecule is CCc1cc(N(C)C(=O)O)ccc1-c1[nH]c(C2CCc3cc(-c4cc(Cl)ccc4-n4cnnn4)cc(=O)n32)nc1Cl. The number of aromatic nitrogens is 7. The molecule has 5 aromatic rings. The molecule has 2 aromatic carbocycles. The zero-order chi connectivity index (χ0) is 28.8. The van der Waals surface area contributed by atoms with Crippen LogP contribution < -0.4 is 10.5 Å². The molecular formula is C28H24Cl2N8O3. The molecule has 1 aliphatic heterocycles. The van der Waals surface area contributed by atoms with Crippen molar-refractivity contribution in [1.82, 2.24) is 34.7 Å². The number of hydrogen-bond donors (Lipinski definition) is 2. The first-order valence-electron chi connectivity index (χ1n) is 12.9. The van der Waals surface area contributed by atoms with E-state index in [0.29, 0.717) is 52.7 Å². The van der Waals surface area contributed by atoms with Crippen LogP contribution in [0.5, 0.6) is 0 Å². The predicted octanol–water partition coefficient (Wildman–Crippen LogP) is 5.40. The van der Waals surface area contributed by atoms with Crippen LogP contribution in [0.4, 0.5) is 10.5 Å². The Hall–Kier alpha value is -4.48. The van der Waals surface area contributed by atoms with Crippen LogP contribution in [0.3, 0.4) is 0 Å². The van der Waals surface area contributed by atoms with Gasteiger partial charge in [-0.2, -0.15) is 4.68 Å². The lowest BCUT2D eigenvalue weighted by Crippen LogP contribution is -2.24. The number of pyridine rings is 1. The van der Waals surface area contributed by atoms with Crippen molar-refractivity contribution in [2.45, 2.75) is 32.2 Å². The number of imidazole rings is 1. The number of nitrogens with zero attached hydrogens (tertiary/aromatic N) is 7. The molecule has 1 amide bonds. The number of anilines is 1. The van der Waals surface area contributed by atoms with Crippen molar-refractivity contribution in [3.63, 3.8) is 0 Å². The third-order valence-electron chi connectivity index (χ3n) is 7.41. The number of carbonyl (C=O) groups is 1. The monoisotopic (exact) mass is 590 g/mol. The molecule has 0 aliphatic carbocycles. The molecule has 11 nitrogen and oxygen atoms in total. The van der Waals surface area contributed by atoms with E-state index in [2.05, 4.69) is 25.5 Å². The Morgan fingerprint density at radius 2 is 1.98 bits per heavy atom. The van der Waals surface area contributed by atoms with Crippen molar-refractivity contribution in [1.29, 1.82) is 0 Å². The van der Waals surface area contributed by atoms with Crippen molar-refractivity contribution in [2.24, 2.45) is 0 Å². The van der Waals surface area contributed by atoms with E-state index in [1.807, 2.05) is 31.2 Å². The van der Waals surface area contributed by atoms with Gasteiger partial charge in [0.1, 0.15) is 12.2 Å².